The average Bonchev–Trinajstić information content (AvgIpc) is 2.72. The third kappa shape index (κ3) is 3.28. The van der Waals surface area contributed by atoms with Crippen LogP contribution in [0.5, 0.6) is 5.75 Å². The van der Waals surface area contributed by atoms with Crippen molar-refractivity contribution in [3.8, 4) is 11.4 Å². The van der Waals surface area contributed by atoms with Gasteiger partial charge in [-0.05, 0) is 66.8 Å². The van der Waals surface area contributed by atoms with Crippen molar-refractivity contribution in [2.24, 2.45) is 0 Å². The lowest BCUT2D eigenvalue weighted by Crippen LogP contribution is -2.07. The summed E-state index contributed by atoms with van der Waals surface area (Å²) in [7, 11) is 0. The minimum Gasteiger partial charge on any atom is -0.491 e. The summed E-state index contributed by atoms with van der Waals surface area (Å²) in [5.41, 5.74) is 1.05. The summed E-state index contributed by atoms with van der Waals surface area (Å²) < 4.78 is 8.10. The van der Waals surface area contributed by atoms with E-state index in [1.54, 1.807) is 16.8 Å². The van der Waals surface area contributed by atoms with Crippen molar-refractivity contribution in [2.45, 2.75) is 20.0 Å². The second-order valence-electron chi connectivity index (χ2n) is 4.38. The third-order valence-electron chi connectivity index (χ3n) is 2.49. The lowest BCUT2D eigenvalue weighted by molar-refractivity contribution is 0.0688. The smallest absolute Gasteiger partial charge is 0.352 e. The fourth-order valence-electron chi connectivity index (χ4n) is 1.77. The molecule has 0 aliphatic rings. The molecular formula is C14H14INO3. The molecule has 0 fully saturated rings. The van der Waals surface area contributed by atoms with Crippen LogP contribution in [0.1, 0.15) is 24.3 Å². The molecule has 1 heterocycles. The molecule has 5 heteroatoms. The van der Waals surface area contributed by atoms with Gasteiger partial charge in [0.15, 0.2) is 0 Å². The molecule has 0 bridgehead atoms. The molecule has 0 amide bonds. The Morgan fingerprint density at radius 1 is 1.32 bits per heavy atom. The Hall–Kier alpha value is -1.50. The van der Waals surface area contributed by atoms with Gasteiger partial charge < -0.3 is 14.4 Å². The normalized spacial score (nSPS) is 10.7. The Morgan fingerprint density at radius 3 is 2.47 bits per heavy atom. The van der Waals surface area contributed by atoms with E-state index in [-0.39, 0.29) is 11.8 Å². The minimum absolute atomic E-state index is 0.118. The number of aromatic nitrogens is 1. The molecule has 1 N–H and O–H groups in total. The molecule has 0 aliphatic heterocycles. The Bertz CT molecular complexity index is 587. The number of carbonyl (C=O) groups is 1. The van der Waals surface area contributed by atoms with E-state index in [0.717, 1.165) is 15.0 Å². The molecule has 19 heavy (non-hydrogen) atoms. The highest BCUT2D eigenvalue weighted by molar-refractivity contribution is 14.1. The van der Waals surface area contributed by atoms with Crippen molar-refractivity contribution in [3.63, 3.8) is 0 Å². The highest BCUT2D eigenvalue weighted by Gasteiger charge is 2.12. The first-order valence-corrected chi connectivity index (χ1v) is 6.93. The van der Waals surface area contributed by atoms with E-state index in [2.05, 4.69) is 22.6 Å². The molecule has 4 nitrogen and oxygen atoms in total. The van der Waals surface area contributed by atoms with E-state index in [0.29, 0.717) is 0 Å². The van der Waals surface area contributed by atoms with E-state index >= 15 is 0 Å². The topological polar surface area (TPSA) is 51.5 Å². The summed E-state index contributed by atoms with van der Waals surface area (Å²) in [4.78, 5) is 11.2. The lowest BCUT2D eigenvalue weighted by atomic mass is 10.3. The monoisotopic (exact) mass is 371 g/mol. The van der Waals surface area contributed by atoms with Crippen molar-refractivity contribution >= 4 is 28.6 Å². The number of carboxylic acids is 1. The Labute approximate surface area is 125 Å². The van der Waals surface area contributed by atoms with Gasteiger partial charge in [-0.3, -0.25) is 0 Å². The number of nitrogens with zero attached hydrogens (tertiary/aromatic N) is 1. The van der Waals surface area contributed by atoms with Gasteiger partial charge in [0.2, 0.25) is 0 Å². The van der Waals surface area contributed by atoms with Crippen LogP contribution in [0.15, 0.2) is 36.5 Å². The quantitative estimate of drug-likeness (QED) is 0.837. The first-order valence-electron chi connectivity index (χ1n) is 5.85. The second kappa shape index (κ2) is 5.64. The van der Waals surface area contributed by atoms with Crippen LogP contribution in [0.2, 0.25) is 0 Å². The van der Waals surface area contributed by atoms with Crippen LogP contribution < -0.4 is 4.74 Å². The molecule has 100 valence electrons. The predicted octanol–water partition coefficient (Wildman–Crippen LogP) is 3.57. The molecule has 0 saturated carbocycles. The van der Waals surface area contributed by atoms with Gasteiger partial charge in [0.1, 0.15) is 11.4 Å². The van der Waals surface area contributed by atoms with Crippen LogP contribution in [-0.4, -0.2) is 21.7 Å². The zero-order valence-electron chi connectivity index (χ0n) is 10.6. The van der Waals surface area contributed by atoms with Crippen LogP contribution in [0.3, 0.4) is 0 Å². The molecular weight excluding hydrogens is 357 g/mol. The fourth-order valence-corrected chi connectivity index (χ4v) is 2.34. The highest BCUT2D eigenvalue weighted by Crippen LogP contribution is 2.20. The maximum absolute atomic E-state index is 11.2. The van der Waals surface area contributed by atoms with Gasteiger partial charge >= 0.3 is 5.97 Å². The zero-order chi connectivity index (χ0) is 14.0. The van der Waals surface area contributed by atoms with E-state index in [1.807, 2.05) is 38.1 Å². The number of rotatable bonds is 4. The first kappa shape index (κ1) is 13.9. The van der Waals surface area contributed by atoms with Crippen molar-refractivity contribution in [1.82, 2.24) is 4.57 Å². The van der Waals surface area contributed by atoms with Crippen LogP contribution >= 0.6 is 22.6 Å². The maximum atomic E-state index is 11.2. The van der Waals surface area contributed by atoms with Crippen LogP contribution in [0.4, 0.5) is 0 Å². The molecule has 0 atom stereocenters. The SMILES string of the molecule is CC(C)Oc1ccc(-n2cc(I)cc2C(=O)O)cc1. The number of ether oxygens (including phenoxy) is 1. The Morgan fingerprint density at radius 2 is 1.95 bits per heavy atom. The van der Waals surface area contributed by atoms with E-state index in [1.165, 1.54) is 0 Å². The van der Waals surface area contributed by atoms with Gasteiger partial charge in [0, 0.05) is 15.5 Å². The molecule has 2 aromatic rings. The minimum atomic E-state index is -0.939. The van der Waals surface area contributed by atoms with Crippen LogP contribution in [-0.2, 0) is 0 Å². The van der Waals surface area contributed by atoms with Crippen molar-refractivity contribution in [3.05, 3.63) is 45.8 Å². The summed E-state index contributed by atoms with van der Waals surface area (Å²) in [5.74, 6) is -0.164. The fraction of sp³-hybridized carbons (Fsp3) is 0.214. The summed E-state index contributed by atoms with van der Waals surface area (Å²) in [6, 6.07) is 9.02. The van der Waals surface area contributed by atoms with Crippen LogP contribution in [0, 0.1) is 3.57 Å². The average molecular weight is 371 g/mol. The molecule has 0 radical (unpaired) electrons. The number of aromatic carboxylic acids is 1. The number of hydrogen-bond donors (Lipinski definition) is 1. The van der Waals surface area contributed by atoms with E-state index in [9.17, 15) is 4.79 Å². The second-order valence-corrected chi connectivity index (χ2v) is 5.62. The van der Waals surface area contributed by atoms with Gasteiger partial charge in [0.05, 0.1) is 6.10 Å². The zero-order valence-corrected chi connectivity index (χ0v) is 12.8. The molecule has 0 unspecified atom stereocenters. The van der Waals surface area contributed by atoms with Crippen molar-refractivity contribution < 1.29 is 14.6 Å². The third-order valence-corrected chi connectivity index (χ3v) is 3.08. The number of halogens is 1. The van der Waals surface area contributed by atoms with Gasteiger partial charge in [-0.25, -0.2) is 4.79 Å². The number of carboxylic acid groups (broad SMARTS) is 1. The first-order chi connectivity index (χ1) is 8.97. The van der Waals surface area contributed by atoms with E-state index in [4.69, 9.17) is 9.84 Å². The predicted molar refractivity (Wildman–Crippen MR) is 81.2 cm³/mol. The molecule has 1 aromatic heterocycles. The molecule has 0 aliphatic carbocycles. The summed E-state index contributed by atoms with van der Waals surface area (Å²) in [6.07, 6.45) is 1.91. The molecule has 2 rings (SSSR count). The lowest BCUT2D eigenvalue weighted by Gasteiger charge is -2.11. The molecule has 1 aromatic carbocycles. The summed E-state index contributed by atoms with van der Waals surface area (Å²) >= 11 is 2.10. The van der Waals surface area contributed by atoms with Crippen molar-refractivity contribution in [2.75, 3.05) is 0 Å². The Kier molecular flexibility index (Phi) is 4.14. The van der Waals surface area contributed by atoms with Gasteiger partial charge in [-0.15, -0.1) is 0 Å². The summed E-state index contributed by atoms with van der Waals surface area (Å²) in [5, 5.41) is 9.16. The van der Waals surface area contributed by atoms with Crippen molar-refractivity contribution in [1.29, 1.82) is 0 Å². The van der Waals surface area contributed by atoms with Gasteiger partial charge in [-0.1, -0.05) is 0 Å². The van der Waals surface area contributed by atoms with E-state index < -0.39 is 5.97 Å². The standard InChI is InChI=1S/C14H14INO3/c1-9(2)19-12-5-3-11(4-6-12)16-8-10(15)7-13(16)14(17)18/h3-9H,1-2H3,(H,17,18). The maximum Gasteiger partial charge on any atom is 0.352 e. The number of benzene rings is 1. The number of hydrogen-bond acceptors (Lipinski definition) is 2. The van der Waals surface area contributed by atoms with Crippen LogP contribution in [0.25, 0.3) is 5.69 Å². The highest BCUT2D eigenvalue weighted by atomic mass is 127. The summed E-state index contributed by atoms with van der Waals surface area (Å²) in [6.45, 7) is 3.93. The van der Waals surface area contributed by atoms with Gasteiger partial charge in [-0.2, -0.15) is 0 Å². The molecule has 0 saturated heterocycles. The largest absolute Gasteiger partial charge is 0.491 e. The Balaban J connectivity index is 2.34. The van der Waals surface area contributed by atoms with Gasteiger partial charge in [0.25, 0.3) is 0 Å². The molecule has 0 spiro atoms.